The van der Waals surface area contributed by atoms with Crippen LogP contribution in [0.3, 0.4) is 0 Å². The molecule has 1 aliphatic carbocycles. The number of hydrogen-bond acceptors (Lipinski definition) is 6. The van der Waals surface area contributed by atoms with E-state index in [1.807, 2.05) is 0 Å². The molecule has 166 valence electrons. The van der Waals surface area contributed by atoms with Crippen molar-refractivity contribution >= 4 is 33.8 Å². The third-order valence-corrected chi connectivity index (χ3v) is 5.59. The number of Topliss-reactive ketones (excluding diaryl/α,β-unsaturated/α-hetero) is 2. The van der Waals surface area contributed by atoms with E-state index >= 15 is 4.39 Å². The molecule has 0 aliphatic heterocycles. The smallest absolute Gasteiger partial charge is 0.202 e. The number of nitrogens with zero attached hydrogens (tertiary/aromatic N) is 2. The monoisotopic (exact) mass is 440 g/mol. The Labute approximate surface area is 182 Å². The van der Waals surface area contributed by atoms with Gasteiger partial charge in [0, 0.05) is 43.2 Å². The maximum Gasteiger partial charge on any atom is 0.202 e. The number of fused-ring (bicyclic) bond motifs is 1. The Hall–Kier alpha value is -3.62. The number of anilines is 2. The molecular weight excluding hydrogens is 418 g/mol. The molecule has 1 saturated carbocycles. The lowest BCUT2D eigenvalue weighted by atomic mass is 10.0. The average molecular weight is 440 g/mol. The van der Waals surface area contributed by atoms with E-state index in [1.54, 1.807) is 12.1 Å². The van der Waals surface area contributed by atoms with Gasteiger partial charge in [0.2, 0.25) is 5.43 Å². The summed E-state index contributed by atoms with van der Waals surface area (Å²) in [7, 11) is 0. The summed E-state index contributed by atoms with van der Waals surface area (Å²) >= 11 is 0. The molecule has 1 aromatic carbocycles. The minimum absolute atomic E-state index is 0.0820. The summed E-state index contributed by atoms with van der Waals surface area (Å²) in [6.45, 7) is 1.35. The molecule has 3 aromatic rings. The van der Waals surface area contributed by atoms with Crippen LogP contribution in [0.2, 0.25) is 0 Å². The number of carbonyl (C=O) groups excluding carboxylic acids is 2. The van der Waals surface area contributed by atoms with Crippen LogP contribution < -0.4 is 16.5 Å². The van der Waals surface area contributed by atoms with E-state index in [2.05, 4.69) is 10.3 Å². The number of pyridine rings is 2. The number of hydrogen-bond donors (Lipinski definition) is 2. The van der Waals surface area contributed by atoms with Crippen molar-refractivity contribution in [1.29, 1.82) is 0 Å². The molecule has 2 aromatic heterocycles. The van der Waals surface area contributed by atoms with Crippen molar-refractivity contribution in [2.75, 3.05) is 17.6 Å². The van der Waals surface area contributed by atoms with Gasteiger partial charge in [-0.1, -0.05) is 0 Å². The zero-order valence-corrected chi connectivity index (χ0v) is 17.5. The van der Waals surface area contributed by atoms with Gasteiger partial charge in [-0.25, -0.2) is 8.78 Å². The second-order valence-electron chi connectivity index (χ2n) is 7.90. The summed E-state index contributed by atoms with van der Waals surface area (Å²) in [5, 5.41) is 2.37. The van der Waals surface area contributed by atoms with Crippen LogP contribution in [-0.4, -0.2) is 27.7 Å². The fourth-order valence-electron chi connectivity index (χ4n) is 3.76. The zero-order chi connectivity index (χ0) is 23.0. The van der Waals surface area contributed by atoms with Crippen LogP contribution in [0, 0.1) is 11.6 Å². The largest absolute Gasteiger partial charge is 0.396 e. The molecule has 0 spiro atoms. The quantitative estimate of drug-likeness (QED) is 0.313. The standard InChI is InChI=1S/C23H22F2N4O3/c1-12(30)15-11-29(14-4-5-14)22-17(23(15)32)20(26)18(24)21(19(22)25)28-8-2-3-16(31)13-6-9-27-10-7-13/h6-7,9-11,14,28H,2-5,8,26H2,1H3. The van der Waals surface area contributed by atoms with Crippen molar-refractivity contribution in [3.63, 3.8) is 0 Å². The average Bonchev–Trinajstić information content (AvgIpc) is 3.62. The van der Waals surface area contributed by atoms with Gasteiger partial charge in [-0.05, 0) is 38.3 Å². The Morgan fingerprint density at radius 3 is 2.53 bits per heavy atom. The molecule has 2 heterocycles. The zero-order valence-electron chi connectivity index (χ0n) is 17.5. The van der Waals surface area contributed by atoms with Gasteiger partial charge in [-0.2, -0.15) is 0 Å². The molecule has 0 amide bonds. The van der Waals surface area contributed by atoms with Crippen molar-refractivity contribution in [1.82, 2.24) is 9.55 Å². The summed E-state index contributed by atoms with van der Waals surface area (Å²) < 4.78 is 31.9. The third kappa shape index (κ3) is 3.86. The highest BCUT2D eigenvalue weighted by Gasteiger charge is 2.31. The Bertz CT molecular complexity index is 1280. The van der Waals surface area contributed by atoms with Gasteiger partial charge in [0.25, 0.3) is 0 Å². The van der Waals surface area contributed by atoms with Crippen LogP contribution >= 0.6 is 0 Å². The fraction of sp³-hybridized carbons (Fsp3) is 0.304. The van der Waals surface area contributed by atoms with Crippen LogP contribution in [0.4, 0.5) is 20.2 Å². The number of ketones is 2. The van der Waals surface area contributed by atoms with Crippen LogP contribution in [-0.2, 0) is 0 Å². The van der Waals surface area contributed by atoms with Gasteiger partial charge in [0.15, 0.2) is 23.2 Å². The molecule has 4 rings (SSSR count). The van der Waals surface area contributed by atoms with Crippen molar-refractivity contribution < 1.29 is 18.4 Å². The molecule has 0 radical (unpaired) electrons. The molecule has 7 nitrogen and oxygen atoms in total. The normalized spacial score (nSPS) is 13.3. The number of carbonyl (C=O) groups is 2. The lowest BCUT2D eigenvalue weighted by Gasteiger charge is -2.18. The van der Waals surface area contributed by atoms with E-state index in [1.165, 1.54) is 30.1 Å². The predicted molar refractivity (Wildman–Crippen MR) is 117 cm³/mol. The van der Waals surface area contributed by atoms with Gasteiger partial charge in [0.1, 0.15) is 5.69 Å². The van der Waals surface area contributed by atoms with E-state index in [9.17, 15) is 18.8 Å². The number of nitrogens with two attached hydrogens (primary N) is 1. The summed E-state index contributed by atoms with van der Waals surface area (Å²) in [6.07, 6.45) is 6.39. The predicted octanol–water partition coefficient (Wildman–Crippen LogP) is 3.87. The second kappa shape index (κ2) is 8.49. The van der Waals surface area contributed by atoms with E-state index in [0.29, 0.717) is 12.0 Å². The molecule has 1 fully saturated rings. The van der Waals surface area contributed by atoms with Gasteiger partial charge >= 0.3 is 0 Å². The maximum atomic E-state index is 15.4. The van der Waals surface area contributed by atoms with Crippen molar-refractivity contribution in [3.05, 3.63) is 63.7 Å². The van der Waals surface area contributed by atoms with E-state index in [-0.39, 0.29) is 41.3 Å². The first-order valence-corrected chi connectivity index (χ1v) is 10.3. The van der Waals surface area contributed by atoms with Crippen molar-refractivity contribution in [2.45, 2.75) is 38.6 Å². The Morgan fingerprint density at radius 2 is 1.91 bits per heavy atom. The lowest BCUT2D eigenvalue weighted by molar-refractivity contribution is 0.0979. The first kappa shape index (κ1) is 21.6. The Balaban J connectivity index is 1.65. The minimum Gasteiger partial charge on any atom is -0.396 e. The molecule has 0 bridgehead atoms. The Morgan fingerprint density at radius 1 is 1.22 bits per heavy atom. The number of rotatable bonds is 8. The molecule has 32 heavy (non-hydrogen) atoms. The number of halogens is 2. The van der Waals surface area contributed by atoms with Gasteiger partial charge < -0.3 is 15.6 Å². The fourth-order valence-corrected chi connectivity index (χ4v) is 3.76. The number of aromatic nitrogens is 2. The highest BCUT2D eigenvalue weighted by atomic mass is 19.1. The van der Waals surface area contributed by atoms with Crippen LogP contribution in [0.15, 0.2) is 35.5 Å². The van der Waals surface area contributed by atoms with Crippen molar-refractivity contribution in [3.8, 4) is 0 Å². The maximum absolute atomic E-state index is 15.4. The third-order valence-electron chi connectivity index (χ3n) is 5.59. The van der Waals surface area contributed by atoms with Crippen LogP contribution in [0.25, 0.3) is 10.9 Å². The van der Waals surface area contributed by atoms with Gasteiger partial charge in [0.05, 0.1) is 22.2 Å². The van der Waals surface area contributed by atoms with Gasteiger partial charge in [-0.3, -0.25) is 19.4 Å². The first-order valence-electron chi connectivity index (χ1n) is 10.3. The summed E-state index contributed by atoms with van der Waals surface area (Å²) in [4.78, 5) is 40.7. The summed E-state index contributed by atoms with van der Waals surface area (Å²) in [6, 6.07) is 3.12. The Kier molecular flexibility index (Phi) is 5.73. The molecule has 1 aliphatic rings. The molecule has 0 saturated heterocycles. The van der Waals surface area contributed by atoms with Crippen molar-refractivity contribution in [2.24, 2.45) is 0 Å². The van der Waals surface area contributed by atoms with E-state index in [4.69, 9.17) is 5.73 Å². The topological polar surface area (TPSA) is 107 Å². The number of nitrogens with one attached hydrogen (secondary N) is 1. The van der Waals surface area contributed by atoms with Crippen LogP contribution in [0.5, 0.6) is 0 Å². The van der Waals surface area contributed by atoms with Crippen LogP contribution in [0.1, 0.15) is 59.4 Å². The van der Waals surface area contributed by atoms with E-state index < -0.39 is 34.2 Å². The minimum atomic E-state index is -1.09. The number of benzene rings is 1. The molecule has 9 heteroatoms. The second-order valence-corrected chi connectivity index (χ2v) is 7.90. The molecule has 3 N–H and O–H groups in total. The van der Waals surface area contributed by atoms with Gasteiger partial charge in [-0.15, -0.1) is 0 Å². The molecular formula is C23H22F2N4O3. The molecule has 0 atom stereocenters. The summed E-state index contributed by atoms with van der Waals surface area (Å²) in [5.41, 5.74) is 4.43. The lowest BCUT2D eigenvalue weighted by Crippen LogP contribution is -2.21. The van der Waals surface area contributed by atoms with E-state index in [0.717, 1.165) is 12.8 Å². The first-order chi connectivity index (χ1) is 15.3. The number of nitrogen functional groups attached to an aromatic ring is 1. The highest BCUT2D eigenvalue weighted by Crippen LogP contribution is 2.40. The summed E-state index contributed by atoms with van der Waals surface area (Å²) in [5.74, 6) is -2.62. The molecule has 0 unspecified atom stereocenters. The highest BCUT2D eigenvalue weighted by molar-refractivity contribution is 6.01. The SMILES string of the molecule is CC(=O)c1cn(C2CC2)c2c(F)c(NCCCC(=O)c3ccncc3)c(F)c(N)c2c1=O.